The zero-order valence-electron chi connectivity index (χ0n) is 11.4. The highest BCUT2D eigenvalue weighted by Gasteiger charge is 2.19. The first-order valence-corrected chi connectivity index (χ1v) is 7.02. The van der Waals surface area contributed by atoms with Crippen molar-refractivity contribution in [1.82, 2.24) is 10.6 Å². The minimum absolute atomic E-state index is 0.0242. The molecular weight excluding hydrogens is 240 g/mol. The molecule has 1 aromatic rings. The minimum atomic E-state index is -0.0242. The Labute approximate surface area is 114 Å². The predicted octanol–water partition coefficient (Wildman–Crippen LogP) is 1.84. The summed E-state index contributed by atoms with van der Waals surface area (Å²) in [6, 6.07) is 7.82. The molecule has 1 amide bonds. The van der Waals surface area contributed by atoms with Crippen LogP contribution in [0.25, 0.3) is 0 Å². The second-order valence-electron chi connectivity index (χ2n) is 4.80. The van der Waals surface area contributed by atoms with Crippen LogP contribution in [0.15, 0.2) is 24.3 Å². The zero-order chi connectivity index (χ0) is 13.5. The van der Waals surface area contributed by atoms with E-state index >= 15 is 0 Å². The predicted molar refractivity (Wildman–Crippen MR) is 75.1 cm³/mol. The maximum atomic E-state index is 12.0. The van der Waals surface area contributed by atoms with Gasteiger partial charge < -0.3 is 15.4 Å². The molecule has 0 unspecified atom stereocenters. The Balaban J connectivity index is 1.83. The van der Waals surface area contributed by atoms with Crippen LogP contribution >= 0.6 is 0 Å². The molecule has 1 aliphatic heterocycles. The van der Waals surface area contributed by atoms with E-state index < -0.39 is 0 Å². The van der Waals surface area contributed by atoms with Crippen LogP contribution in [0, 0.1) is 0 Å². The number of amides is 1. The first-order valence-electron chi connectivity index (χ1n) is 7.02. The fourth-order valence-corrected chi connectivity index (χ4v) is 2.30. The Morgan fingerprint density at radius 3 is 3.11 bits per heavy atom. The van der Waals surface area contributed by atoms with Crippen molar-refractivity contribution in [2.75, 3.05) is 13.2 Å². The number of hydrogen-bond donors (Lipinski definition) is 2. The van der Waals surface area contributed by atoms with Gasteiger partial charge in [-0.25, -0.2) is 0 Å². The Morgan fingerprint density at radius 1 is 1.47 bits per heavy atom. The van der Waals surface area contributed by atoms with Gasteiger partial charge in [0, 0.05) is 6.54 Å². The molecule has 0 aliphatic carbocycles. The largest absolute Gasteiger partial charge is 0.494 e. The normalized spacial score (nSPS) is 18.9. The molecule has 4 nitrogen and oxygen atoms in total. The first-order chi connectivity index (χ1) is 9.29. The lowest BCUT2D eigenvalue weighted by Crippen LogP contribution is -2.46. The second kappa shape index (κ2) is 7.14. The third-order valence-corrected chi connectivity index (χ3v) is 3.30. The molecule has 104 valence electrons. The van der Waals surface area contributed by atoms with Gasteiger partial charge in [-0.1, -0.05) is 18.6 Å². The van der Waals surface area contributed by atoms with Gasteiger partial charge in [-0.05, 0) is 44.0 Å². The van der Waals surface area contributed by atoms with Gasteiger partial charge in [-0.2, -0.15) is 0 Å². The standard InChI is InChI=1S/C15H22N2O2/c1-2-19-13-7-5-6-12(10-13)11-17-15(18)14-8-3-4-9-16-14/h5-7,10,14,16H,2-4,8-9,11H2,1H3,(H,17,18)/t14-/m0/s1. The van der Waals surface area contributed by atoms with E-state index in [2.05, 4.69) is 10.6 Å². The van der Waals surface area contributed by atoms with E-state index in [0.717, 1.165) is 30.7 Å². The van der Waals surface area contributed by atoms with E-state index in [-0.39, 0.29) is 11.9 Å². The summed E-state index contributed by atoms with van der Waals surface area (Å²) >= 11 is 0. The number of carbonyl (C=O) groups is 1. The minimum Gasteiger partial charge on any atom is -0.494 e. The van der Waals surface area contributed by atoms with Gasteiger partial charge in [-0.3, -0.25) is 4.79 Å². The smallest absolute Gasteiger partial charge is 0.237 e. The molecule has 0 spiro atoms. The van der Waals surface area contributed by atoms with Gasteiger partial charge in [0.05, 0.1) is 12.6 Å². The Hall–Kier alpha value is -1.55. The number of benzene rings is 1. The maximum Gasteiger partial charge on any atom is 0.237 e. The van der Waals surface area contributed by atoms with Crippen molar-refractivity contribution in [1.29, 1.82) is 0 Å². The maximum absolute atomic E-state index is 12.0. The van der Waals surface area contributed by atoms with Gasteiger partial charge in [0.25, 0.3) is 0 Å². The number of nitrogens with one attached hydrogen (secondary N) is 2. The molecule has 2 rings (SSSR count). The van der Waals surface area contributed by atoms with E-state index in [1.165, 1.54) is 6.42 Å². The van der Waals surface area contributed by atoms with Crippen LogP contribution in [0.1, 0.15) is 31.7 Å². The van der Waals surface area contributed by atoms with Crippen LogP contribution in [0.2, 0.25) is 0 Å². The first kappa shape index (κ1) is 13.9. The van der Waals surface area contributed by atoms with E-state index in [0.29, 0.717) is 13.2 Å². The van der Waals surface area contributed by atoms with E-state index in [9.17, 15) is 4.79 Å². The average molecular weight is 262 g/mol. The lowest BCUT2D eigenvalue weighted by molar-refractivity contribution is -0.123. The van der Waals surface area contributed by atoms with Gasteiger partial charge in [0.15, 0.2) is 0 Å². The van der Waals surface area contributed by atoms with E-state index in [1.54, 1.807) is 0 Å². The molecule has 2 N–H and O–H groups in total. The summed E-state index contributed by atoms with van der Waals surface area (Å²) < 4.78 is 5.44. The highest BCUT2D eigenvalue weighted by atomic mass is 16.5. The third kappa shape index (κ3) is 4.24. The summed E-state index contributed by atoms with van der Waals surface area (Å²) in [4.78, 5) is 12.0. The summed E-state index contributed by atoms with van der Waals surface area (Å²) in [5.74, 6) is 0.951. The van der Waals surface area contributed by atoms with Crippen molar-refractivity contribution >= 4 is 5.91 Å². The lowest BCUT2D eigenvalue weighted by atomic mass is 10.0. The number of rotatable bonds is 5. The molecular formula is C15H22N2O2. The fraction of sp³-hybridized carbons (Fsp3) is 0.533. The second-order valence-corrected chi connectivity index (χ2v) is 4.80. The number of piperidine rings is 1. The van der Waals surface area contributed by atoms with Crippen LogP contribution in [0.4, 0.5) is 0 Å². The monoisotopic (exact) mass is 262 g/mol. The summed E-state index contributed by atoms with van der Waals surface area (Å²) in [6.07, 6.45) is 3.23. The van der Waals surface area contributed by atoms with Crippen LogP contribution < -0.4 is 15.4 Å². The SMILES string of the molecule is CCOc1cccc(CNC(=O)[C@@H]2CCCCN2)c1. The molecule has 0 radical (unpaired) electrons. The van der Waals surface area contributed by atoms with Crippen molar-refractivity contribution in [2.45, 2.75) is 38.8 Å². The number of hydrogen-bond acceptors (Lipinski definition) is 3. The van der Waals surface area contributed by atoms with Crippen LogP contribution in [-0.2, 0) is 11.3 Å². The van der Waals surface area contributed by atoms with E-state index in [1.807, 2.05) is 31.2 Å². The molecule has 4 heteroatoms. The molecule has 1 saturated heterocycles. The molecule has 1 fully saturated rings. The number of carbonyl (C=O) groups excluding carboxylic acids is 1. The molecule has 0 bridgehead atoms. The molecule has 1 atom stereocenters. The summed E-state index contributed by atoms with van der Waals surface area (Å²) in [6.45, 7) is 4.11. The molecule has 0 aromatic heterocycles. The zero-order valence-corrected chi connectivity index (χ0v) is 11.4. The summed E-state index contributed by atoms with van der Waals surface area (Å²) in [5.41, 5.74) is 1.06. The van der Waals surface area contributed by atoms with Crippen molar-refractivity contribution in [2.24, 2.45) is 0 Å². The summed E-state index contributed by atoms with van der Waals surface area (Å²) in [7, 11) is 0. The lowest BCUT2D eigenvalue weighted by Gasteiger charge is -2.22. The topological polar surface area (TPSA) is 50.4 Å². The Bertz CT molecular complexity index is 414. The Kier molecular flexibility index (Phi) is 5.21. The van der Waals surface area contributed by atoms with Crippen molar-refractivity contribution in [3.05, 3.63) is 29.8 Å². The Morgan fingerprint density at radius 2 is 2.37 bits per heavy atom. The van der Waals surface area contributed by atoms with Crippen LogP contribution in [-0.4, -0.2) is 25.1 Å². The van der Waals surface area contributed by atoms with Gasteiger partial charge >= 0.3 is 0 Å². The third-order valence-electron chi connectivity index (χ3n) is 3.30. The number of ether oxygens (including phenoxy) is 1. The fourth-order valence-electron chi connectivity index (χ4n) is 2.30. The summed E-state index contributed by atoms with van der Waals surface area (Å²) in [5, 5.41) is 6.23. The van der Waals surface area contributed by atoms with Crippen molar-refractivity contribution in [3.63, 3.8) is 0 Å². The average Bonchev–Trinajstić information content (AvgIpc) is 2.46. The van der Waals surface area contributed by atoms with Crippen LogP contribution in [0.5, 0.6) is 5.75 Å². The molecule has 0 saturated carbocycles. The van der Waals surface area contributed by atoms with E-state index in [4.69, 9.17) is 4.74 Å². The van der Waals surface area contributed by atoms with Gasteiger partial charge in [-0.15, -0.1) is 0 Å². The van der Waals surface area contributed by atoms with Crippen molar-refractivity contribution in [3.8, 4) is 5.75 Å². The quantitative estimate of drug-likeness (QED) is 0.851. The van der Waals surface area contributed by atoms with Crippen molar-refractivity contribution < 1.29 is 9.53 Å². The molecule has 1 aromatic carbocycles. The molecule has 19 heavy (non-hydrogen) atoms. The molecule has 1 heterocycles. The highest BCUT2D eigenvalue weighted by molar-refractivity contribution is 5.81. The van der Waals surface area contributed by atoms with Gasteiger partial charge in [0.1, 0.15) is 5.75 Å². The molecule has 1 aliphatic rings. The van der Waals surface area contributed by atoms with Crippen LogP contribution in [0.3, 0.4) is 0 Å². The van der Waals surface area contributed by atoms with Gasteiger partial charge in [0.2, 0.25) is 5.91 Å². The highest BCUT2D eigenvalue weighted by Crippen LogP contribution is 2.13.